The minimum atomic E-state index is -0.497. The third kappa shape index (κ3) is 1.86. The van der Waals surface area contributed by atoms with Gasteiger partial charge in [0.15, 0.2) is 0 Å². The lowest BCUT2D eigenvalue weighted by Gasteiger charge is -2.23. The van der Waals surface area contributed by atoms with Crippen LogP contribution in [0.5, 0.6) is 0 Å². The highest BCUT2D eigenvalue weighted by molar-refractivity contribution is 6.43. The van der Waals surface area contributed by atoms with Gasteiger partial charge < -0.3 is 15.3 Å². The molecule has 2 N–H and O–H groups in total. The second kappa shape index (κ2) is 4.88. The van der Waals surface area contributed by atoms with Crippen LogP contribution < -0.4 is 10.2 Å². The molecule has 1 unspecified atom stereocenters. The quantitative estimate of drug-likeness (QED) is 0.832. The fourth-order valence-electron chi connectivity index (χ4n) is 3.37. The lowest BCUT2D eigenvalue weighted by Crippen LogP contribution is -2.39. The van der Waals surface area contributed by atoms with Crippen LogP contribution in [0, 0.1) is 6.92 Å². The van der Waals surface area contributed by atoms with E-state index in [-0.39, 0.29) is 11.3 Å². The number of amides is 1. The maximum absolute atomic E-state index is 12.0. The average Bonchev–Trinajstić information content (AvgIpc) is 3.03. The van der Waals surface area contributed by atoms with E-state index in [0.29, 0.717) is 16.6 Å². The number of halogens is 2. The van der Waals surface area contributed by atoms with Gasteiger partial charge in [0.25, 0.3) is 5.91 Å². The summed E-state index contributed by atoms with van der Waals surface area (Å²) in [6.45, 7) is 3.67. The zero-order chi connectivity index (χ0) is 14.5. The van der Waals surface area contributed by atoms with Crippen molar-refractivity contribution in [2.75, 3.05) is 31.1 Å². The molecule has 2 aliphatic heterocycles. The molecule has 2 aliphatic rings. The topological polar surface area (TPSA) is 52.6 Å². The first kappa shape index (κ1) is 14.1. The number of nitrogens with one attached hydrogen (secondary N) is 1. The van der Waals surface area contributed by atoms with Crippen LogP contribution in [0.15, 0.2) is 6.07 Å². The minimum Gasteiger partial charge on any atom is -0.387 e. The molecule has 1 fully saturated rings. The lowest BCUT2D eigenvalue weighted by molar-refractivity contribution is -0.121. The number of hydrogen-bond acceptors (Lipinski definition) is 3. The predicted molar refractivity (Wildman–Crippen MR) is 79.8 cm³/mol. The Labute approximate surface area is 127 Å². The van der Waals surface area contributed by atoms with E-state index in [1.807, 2.05) is 13.0 Å². The van der Waals surface area contributed by atoms with E-state index in [9.17, 15) is 9.90 Å². The minimum absolute atomic E-state index is 0.112. The molecule has 1 amide bonds. The van der Waals surface area contributed by atoms with E-state index < -0.39 is 6.61 Å². The van der Waals surface area contributed by atoms with Crippen LogP contribution in [-0.4, -0.2) is 37.3 Å². The van der Waals surface area contributed by atoms with Gasteiger partial charge in [0.05, 0.1) is 15.7 Å². The Morgan fingerprint density at radius 3 is 2.90 bits per heavy atom. The Hall–Kier alpha value is -0.810. The monoisotopic (exact) mass is 314 g/mol. The number of aliphatic hydroxyl groups excluding tert-OH is 1. The SMILES string of the molecule is Cc1c(Cl)c(Cl)cc2c1N(C(=O)CO)CC21CCNC1. The third-order valence-corrected chi connectivity index (χ3v) is 5.28. The summed E-state index contributed by atoms with van der Waals surface area (Å²) >= 11 is 12.4. The van der Waals surface area contributed by atoms with Gasteiger partial charge in [-0.15, -0.1) is 0 Å². The maximum atomic E-state index is 12.0. The van der Waals surface area contributed by atoms with Gasteiger partial charge in [-0.25, -0.2) is 0 Å². The summed E-state index contributed by atoms with van der Waals surface area (Å²) in [6, 6.07) is 1.88. The van der Waals surface area contributed by atoms with E-state index in [1.54, 1.807) is 4.90 Å². The number of benzene rings is 1. The van der Waals surface area contributed by atoms with Crippen LogP contribution in [0.4, 0.5) is 5.69 Å². The number of aliphatic hydroxyl groups is 1. The van der Waals surface area contributed by atoms with Gasteiger partial charge in [-0.3, -0.25) is 4.79 Å². The molecule has 2 heterocycles. The van der Waals surface area contributed by atoms with Crippen molar-refractivity contribution < 1.29 is 9.90 Å². The summed E-state index contributed by atoms with van der Waals surface area (Å²) in [4.78, 5) is 13.7. The van der Waals surface area contributed by atoms with Crippen LogP contribution in [0.2, 0.25) is 10.0 Å². The van der Waals surface area contributed by atoms with Crippen molar-refractivity contribution in [3.63, 3.8) is 0 Å². The molecule has 108 valence electrons. The molecule has 0 radical (unpaired) electrons. The first-order valence-electron chi connectivity index (χ1n) is 6.61. The van der Waals surface area contributed by atoms with E-state index >= 15 is 0 Å². The number of nitrogens with zero attached hydrogens (tertiary/aromatic N) is 1. The van der Waals surface area contributed by atoms with Crippen LogP contribution in [0.3, 0.4) is 0 Å². The van der Waals surface area contributed by atoms with Crippen molar-refractivity contribution in [3.8, 4) is 0 Å². The molecule has 0 aliphatic carbocycles. The van der Waals surface area contributed by atoms with Gasteiger partial charge in [-0.05, 0) is 37.1 Å². The van der Waals surface area contributed by atoms with Gasteiger partial charge in [-0.1, -0.05) is 23.2 Å². The normalized spacial score (nSPS) is 24.5. The highest BCUT2D eigenvalue weighted by atomic mass is 35.5. The number of carbonyl (C=O) groups is 1. The zero-order valence-corrected chi connectivity index (χ0v) is 12.7. The summed E-state index contributed by atoms with van der Waals surface area (Å²) in [5, 5.41) is 13.5. The molecular weight excluding hydrogens is 299 g/mol. The number of hydrogen-bond donors (Lipinski definition) is 2. The molecule has 1 spiro atoms. The average molecular weight is 315 g/mol. The van der Waals surface area contributed by atoms with E-state index in [0.717, 1.165) is 36.3 Å². The van der Waals surface area contributed by atoms with Gasteiger partial charge >= 0.3 is 0 Å². The molecule has 6 heteroatoms. The first-order chi connectivity index (χ1) is 9.50. The van der Waals surface area contributed by atoms with Gasteiger partial charge in [0.2, 0.25) is 0 Å². The first-order valence-corrected chi connectivity index (χ1v) is 7.37. The molecule has 0 bridgehead atoms. The number of anilines is 1. The lowest BCUT2D eigenvalue weighted by atomic mass is 9.81. The summed E-state index contributed by atoms with van der Waals surface area (Å²) < 4.78 is 0. The molecule has 4 nitrogen and oxygen atoms in total. The van der Waals surface area contributed by atoms with E-state index in [1.165, 1.54) is 0 Å². The van der Waals surface area contributed by atoms with Gasteiger partial charge in [-0.2, -0.15) is 0 Å². The summed E-state index contributed by atoms with van der Waals surface area (Å²) in [5.74, 6) is -0.295. The summed E-state index contributed by atoms with van der Waals surface area (Å²) in [6.07, 6.45) is 0.951. The van der Waals surface area contributed by atoms with Crippen LogP contribution in [-0.2, 0) is 10.2 Å². The third-order valence-electron chi connectivity index (χ3n) is 4.40. The highest BCUT2D eigenvalue weighted by Gasteiger charge is 2.47. The Kier molecular flexibility index (Phi) is 3.45. The summed E-state index contributed by atoms with van der Waals surface area (Å²) in [5.41, 5.74) is 2.58. The Balaban J connectivity index is 2.21. The molecule has 1 aromatic rings. The highest BCUT2D eigenvalue weighted by Crippen LogP contribution is 2.49. The van der Waals surface area contributed by atoms with Crippen LogP contribution >= 0.6 is 23.2 Å². The molecular formula is C14H16Cl2N2O2. The Morgan fingerprint density at radius 1 is 1.55 bits per heavy atom. The van der Waals surface area contributed by atoms with Gasteiger partial charge in [0.1, 0.15) is 6.61 Å². The number of carbonyl (C=O) groups excluding carboxylic acids is 1. The molecule has 20 heavy (non-hydrogen) atoms. The molecule has 0 saturated carbocycles. The van der Waals surface area contributed by atoms with Gasteiger partial charge in [0, 0.05) is 18.5 Å². The molecule has 1 saturated heterocycles. The van der Waals surface area contributed by atoms with E-state index in [4.69, 9.17) is 23.2 Å². The van der Waals surface area contributed by atoms with E-state index in [2.05, 4.69) is 5.32 Å². The maximum Gasteiger partial charge on any atom is 0.252 e. The van der Waals surface area contributed by atoms with Crippen LogP contribution in [0.25, 0.3) is 0 Å². The van der Waals surface area contributed by atoms with Crippen molar-refractivity contribution in [1.29, 1.82) is 0 Å². The number of fused-ring (bicyclic) bond motifs is 2. The Morgan fingerprint density at radius 2 is 2.30 bits per heavy atom. The molecule has 1 atom stereocenters. The van der Waals surface area contributed by atoms with Crippen molar-refractivity contribution in [1.82, 2.24) is 5.32 Å². The van der Waals surface area contributed by atoms with Crippen molar-refractivity contribution in [2.24, 2.45) is 0 Å². The predicted octanol–water partition coefficient (Wildman–Crippen LogP) is 1.87. The van der Waals surface area contributed by atoms with Crippen LogP contribution in [0.1, 0.15) is 17.5 Å². The summed E-state index contributed by atoms with van der Waals surface area (Å²) in [7, 11) is 0. The Bertz CT molecular complexity index is 583. The standard InChI is InChI=1S/C14H16Cl2N2O2/c1-8-12(16)10(15)4-9-13(8)18(11(20)5-19)7-14(9)2-3-17-6-14/h4,17,19H,2-3,5-7H2,1H3. The molecule has 3 rings (SSSR count). The zero-order valence-electron chi connectivity index (χ0n) is 11.2. The largest absolute Gasteiger partial charge is 0.387 e. The van der Waals surface area contributed by atoms with Crippen molar-refractivity contribution >= 4 is 34.8 Å². The molecule has 1 aromatic carbocycles. The smallest absolute Gasteiger partial charge is 0.252 e. The van der Waals surface area contributed by atoms with Crippen molar-refractivity contribution in [3.05, 3.63) is 27.2 Å². The molecule has 0 aromatic heterocycles. The second-order valence-electron chi connectivity index (χ2n) is 5.54. The fourth-order valence-corrected chi connectivity index (χ4v) is 3.76. The second-order valence-corrected chi connectivity index (χ2v) is 6.32. The van der Waals surface area contributed by atoms with Crippen molar-refractivity contribution in [2.45, 2.75) is 18.8 Å². The fraction of sp³-hybridized carbons (Fsp3) is 0.500. The number of rotatable bonds is 1.